The summed E-state index contributed by atoms with van der Waals surface area (Å²) in [5.74, 6) is -0.323. The third-order valence-corrected chi connectivity index (χ3v) is 4.01. The number of benzene rings is 1. The smallest absolute Gasteiger partial charge is 0.255 e. The Kier molecular flexibility index (Phi) is 4.54. The summed E-state index contributed by atoms with van der Waals surface area (Å²) in [6, 6.07) is 14.2. The highest BCUT2D eigenvalue weighted by Crippen LogP contribution is 2.25. The van der Waals surface area contributed by atoms with E-state index in [1.807, 2.05) is 30.3 Å². The predicted molar refractivity (Wildman–Crippen MR) is 89.8 cm³/mol. The number of pyridine rings is 2. The average Bonchev–Trinajstić information content (AvgIpc) is 2.58. The fraction of sp³-hybridized carbons (Fsp3) is 0. The topological polar surface area (TPSA) is 74.8 Å². The van der Waals surface area contributed by atoms with Crippen LogP contribution < -0.4 is 10.7 Å². The van der Waals surface area contributed by atoms with Gasteiger partial charge >= 0.3 is 0 Å². The van der Waals surface area contributed by atoms with Crippen molar-refractivity contribution in [2.45, 2.75) is 9.92 Å². The molecule has 1 aromatic carbocycles. The SMILES string of the molecule is O=C(Nc1c[nH]ccc1=O)c1ccc(Sc2ccccn2)cc1. The van der Waals surface area contributed by atoms with E-state index in [2.05, 4.69) is 15.3 Å². The lowest BCUT2D eigenvalue weighted by atomic mass is 10.2. The molecule has 0 radical (unpaired) electrons. The second-order valence-electron chi connectivity index (χ2n) is 4.67. The first-order valence-electron chi connectivity index (χ1n) is 6.90. The monoisotopic (exact) mass is 323 g/mol. The minimum absolute atomic E-state index is 0.226. The van der Waals surface area contributed by atoms with E-state index in [-0.39, 0.29) is 17.0 Å². The molecule has 0 saturated carbocycles. The van der Waals surface area contributed by atoms with Crippen LogP contribution in [0.1, 0.15) is 10.4 Å². The number of nitrogens with one attached hydrogen (secondary N) is 2. The lowest BCUT2D eigenvalue weighted by Gasteiger charge is -2.05. The van der Waals surface area contributed by atoms with Gasteiger partial charge in [0.05, 0.1) is 0 Å². The standard InChI is InChI=1S/C17H13N3O2S/c21-15-8-10-18-11-14(15)20-17(22)12-4-6-13(7-5-12)23-16-3-1-2-9-19-16/h1-11H,(H,18,21)(H,20,22). The molecule has 114 valence electrons. The zero-order valence-corrected chi connectivity index (χ0v) is 12.8. The zero-order valence-electron chi connectivity index (χ0n) is 12.0. The first-order chi connectivity index (χ1) is 11.2. The number of aromatic amines is 1. The number of anilines is 1. The molecule has 0 spiro atoms. The quantitative estimate of drug-likeness (QED) is 0.773. The summed E-state index contributed by atoms with van der Waals surface area (Å²) in [6.45, 7) is 0. The van der Waals surface area contributed by atoms with Crippen molar-refractivity contribution in [1.82, 2.24) is 9.97 Å². The maximum absolute atomic E-state index is 12.2. The Hall–Kier alpha value is -2.86. The van der Waals surface area contributed by atoms with Crippen LogP contribution in [0.2, 0.25) is 0 Å². The zero-order chi connectivity index (χ0) is 16.1. The highest BCUT2D eigenvalue weighted by atomic mass is 32.2. The van der Waals surface area contributed by atoms with Crippen molar-refractivity contribution >= 4 is 23.4 Å². The van der Waals surface area contributed by atoms with Crippen molar-refractivity contribution in [2.24, 2.45) is 0 Å². The number of amides is 1. The maximum atomic E-state index is 12.2. The minimum Gasteiger partial charge on any atom is -0.366 e. The normalized spacial score (nSPS) is 10.3. The van der Waals surface area contributed by atoms with Crippen molar-refractivity contribution in [3.05, 3.63) is 82.9 Å². The molecule has 5 nitrogen and oxygen atoms in total. The van der Waals surface area contributed by atoms with Crippen molar-refractivity contribution in [2.75, 3.05) is 5.32 Å². The Balaban J connectivity index is 1.71. The first kappa shape index (κ1) is 15.1. The van der Waals surface area contributed by atoms with Crippen molar-refractivity contribution in [3.8, 4) is 0 Å². The Bertz CT molecular complexity index is 861. The Morgan fingerprint density at radius 3 is 2.61 bits per heavy atom. The summed E-state index contributed by atoms with van der Waals surface area (Å²) in [6.07, 6.45) is 4.72. The molecule has 0 aliphatic rings. The van der Waals surface area contributed by atoms with E-state index in [0.717, 1.165) is 9.92 Å². The van der Waals surface area contributed by atoms with E-state index >= 15 is 0 Å². The molecule has 2 N–H and O–H groups in total. The number of hydrogen-bond acceptors (Lipinski definition) is 4. The fourth-order valence-electron chi connectivity index (χ4n) is 1.91. The van der Waals surface area contributed by atoms with Gasteiger partial charge in [-0.05, 0) is 36.4 Å². The maximum Gasteiger partial charge on any atom is 0.255 e. The molecule has 2 heterocycles. The summed E-state index contributed by atoms with van der Waals surface area (Å²) in [7, 11) is 0. The highest BCUT2D eigenvalue weighted by molar-refractivity contribution is 7.99. The lowest BCUT2D eigenvalue weighted by Crippen LogP contribution is -2.17. The molecule has 0 atom stereocenters. The van der Waals surface area contributed by atoms with E-state index in [4.69, 9.17) is 0 Å². The molecule has 0 bridgehead atoms. The van der Waals surface area contributed by atoms with Gasteiger partial charge < -0.3 is 10.3 Å². The number of carbonyl (C=O) groups is 1. The Morgan fingerprint density at radius 1 is 1.09 bits per heavy atom. The Morgan fingerprint density at radius 2 is 1.91 bits per heavy atom. The fourth-order valence-corrected chi connectivity index (χ4v) is 2.68. The van der Waals surface area contributed by atoms with Crippen molar-refractivity contribution < 1.29 is 4.79 Å². The number of aromatic nitrogens is 2. The van der Waals surface area contributed by atoms with E-state index in [9.17, 15) is 9.59 Å². The summed E-state index contributed by atoms with van der Waals surface area (Å²) in [5.41, 5.74) is 0.475. The van der Waals surface area contributed by atoms with Crippen LogP contribution in [0.4, 0.5) is 5.69 Å². The van der Waals surface area contributed by atoms with Crippen LogP contribution in [0.15, 0.2) is 81.8 Å². The van der Waals surface area contributed by atoms with Gasteiger partial charge in [0, 0.05) is 35.1 Å². The summed E-state index contributed by atoms with van der Waals surface area (Å²) in [4.78, 5) is 31.7. The van der Waals surface area contributed by atoms with Gasteiger partial charge in [-0.3, -0.25) is 9.59 Å². The molecule has 0 unspecified atom stereocenters. The molecule has 1 amide bonds. The highest BCUT2D eigenvalue weighted by Gasteiger charge is 2.08. The Labute approximate surface area is 136 Å². The molecular formula is C17H13N3O2S. The van der Waals surface area contributed by atoms with E-state index < -0.39 is 0 Å². The molecule has 23 heavy (non-hydrogen) atoms. The molecule has 3 aromatic rings. The lowest BCUT2D eigenvalue weighted by molar-refractivity contribution is 0.102. The third-order valence-electron chi connectivity index (χ3n) is 3.05. The van der Waals surface area contributed by atoms with Gasteiger partial charge in [-0.25, -0.2) is 4.98 Å². The van der Waals surface area contributed by atoms with Gasteiger partial charge in [0.25, 0.3) is 5.91 Å². The second-order valence-corrected chi connectivity index (χ2v) is 5.76. The van der Waals surface area contributed by atoms with Crippen LogP contribution in [0, 0.1) is 0 Å². The summed E-state index contributed by atoms with van der Waals surface area (Å²) < 4.78 is 0. The van der Waals surface area contributed by atoms with E-state index in [1.54, 1.807) is 18.3 Å². The number of hydrogen-bond donors (Lipinski definition) is 2. The van der Waals surface area contributed by atoms with E-state index in [0.29, 0.717) is 5.56 Å². The van der Waals surface area contributed by atoms with Crippen LogP contribution in [0.5, 0.6) is 0 Å². The minimum atomic E-state index is -0.323. The molecule has 6 heteroatoms. The van der Waals surface area contributed by atoms with Crippen molar-refractivity contribution in [3.63, 3.8) is 0 Å². The molecule has 3 rings (SSSR count). The number of rotatable bonds is 4. The van der Waals surface area contributed by atoms with Gasteiger partial charge in [0.2, 0.25) is 5.43 Å². The molecule has 2 aromatic heterocycles. The molecular weight excluding hydrogens is 310 g/mol. The van der Waals surface area contributed by atoms with Crippen LogP contribution >= 0.6 is 11.8 Å². The third kappa shape index (κ3) is 3.87. The number of carbonyl (C=O) groups excluding carboxylic acids is 1. The van der Waals surface area contributed by atoms with Crippen LogP contribution in [0.25, 0.3) is 0 Å². The molecule has 0 aliphatic carbocycles. The van der Waals surface area contributed by atoms with Gasteiger partial charge in [-0.2, -0.15) is 0 Å². The van der Waals surface area contributed by atoms with Crippen LogP contribution in [0.3, 0.4) is 0 Å². The number of H-pyrrole nitrogens is 1. The predicted octanol–water partition coefficient (Wildman–Crippen LogP) is 3.17. The van der Waals surface area contributed by atoms with Crippen LogP contribution in [-0.2, 0) is 0 Å². The summed E-state index contributed by atoms with van der Waals surface area (Å²) in [5, 5.41) is 3.48. The van der Waals surface area contributed by atoms with Crippen LogP contribution in [-0.4, -0.2) is 15.9 Å². The average molecular weight is 323 g/mol. The second kappa shape index (κ2) is 6.93. The van der Waals surface area contributed by atoms with Gasteiger partial charge in [-0.1, -0.05) is 17.8 Å². The molecule has 0 aliphatic heterocycles. The van der Waals surface area contributed by atoms with Gasteiger partial charge in [0.1, 0.15) is 10.7 Å². The molecule has 0 saturated heterocycles. The molecule has 0 fully saturated rings. The first-order valence-corrected chi connectivity index (χ1v) is 7.71. The largest absolute Gasteiger partial charge is 0.366 e. The summed E-state index contributed by atoms with van der Waals surface area (Å²) >= 11 is 1.52. The number of nitrogens with zero attached hydrogens (tertiary/aromatic N) is 1. The van der Waals surface area contributed by atoms with Crippen molar-refractivity contribution in [1.29, 1.82) is 0 Å². The van der Waals surface area contributed by atoms with Gasteiger partial charge in [-0.15, -0.1) is 0 Å². The van der Waals surface area contributed by atoms with E-state index in [1.165, 1.54) is 30.2 Å². The van der Waals surface area contributed by atoms with Gasteiger partial charge in [0.15, 0.2) is 0 Å².